The quantitative estimate of drug-likeness (QED) is 0.598. The van der Waals surface area contributed by atoms with Crippen LogP contribution in [0.2, 0.25) is 0 Å². The lowest BCUT2D eigenvalue weighted by Crippen LogP contribution is -2.44. The highest BCUT2D eigenvalue weighted by atomic mass is 127. The van der Waals surface area contributed by atoms with Crippen molar-refractivity contribution in [2.45, 2.75) is 30.7 Å². The number of imide groups is 1. The molecule has 1 unspecified atom stereocenters. The molecule has 5 heteroatoms. The number of hydrogen-bond acceptors (Lipinski definition) is 2. The number of carbonyl (C=O) groups excluding carboxylic acids is 2. The minimum absolute atomic E-state index is 0.166. The van der Waals surface area contributed by atoms with E-state index in [0.29, 0.717) is 12.3 Å². The van der Waals surface area contributed by atoms with Crippen molar-refractivity contribution in [2.24, 2.45) is 0 Å². The molecule has 1 saturated heterocycles. The van der Waals surface area contributed by atoms with E-state index in [-0.39, 0.29) is 11.9 Å². The summed E-state index contributed by atoms with van der Waals surface area (Å²) in [5, 5.41) is 5.13. The van der Waals surface area contributed by atoms with E-state index < -0.39 is 5.54 Å². The molecule has 4 nitrogen and oxygen atoms in total. The molecule has 2 aliphatic rings. The Balaban J connectivity index is 1.81. The normalized spacial score (nSPS) is 30.6. The average molecular weight is 356 g/mol. The van der Waals surface area contributed by atoms with Gasteiger partial charge in [-0.25, -0.2) is 4.79 Å². The molecule has 1 spiro atoms. The van der Waals surface area contributed by atoms with E-state index >= 15 is 0 Å². The monoisotopic (exact) mass is 356 g/mol. The van der Waals surface area contributed by atoms with Gasteiger partial charge in [0.2, 0.25) is 0 Å². The Morgan fingerprint density at radius 1 is 1.22 bits per heavy atom. The minimum Gasteiger partial charge on any atom is -0.323 e. The van der Waals surface area contributed by atoms with E-state index in [9.17, 15) is 9.59 Å². The number of rotatable bonds is 1. The highest BCUT2D eigenvalue weighted by molar-refractivity contribution is 14.1. The highest BCUT2D eigenvalue weighted by Gasteiger charge is 2.51. The maximum atomic E-state index is 11.8. The van der Waals surface area contributed by atoms with Gasteiger partial charge in [0.05, 0.1) is 0 Å². The van der Waals surface area contributed by atoms with Crippen LogP contribution in [0, 0.1) is 3.57 Å². The SMILES string of the molecule is O=C1NC(=O)C2(CC[C@H](c3ccc(I)cc3)C2)N1. The van der Waals surface area contributed by atoms with Crippen molar-refractivity contribution in [1.82, 2.24) is 10.6 Å². The fraction of sp³-hybridized carbons (Fsp3) is 0.385. The molecule has 1 aliphatic heterocycles. The lowest BCUT2D eigenvalue weighted by molar-refractivity contribution is -0.123. The summed E-state index contributed by atoms with van der Waals surface area (Å²) in [6, 6.07) is 8.02. The van der Waals surface area contributed by atoms with Crippen molar-refractivity contribution in [2.75, 3.05) is 0 Å². The van der Waals surface area contributed by atoms with Gasteiger partial charge < -0.3 is 5.32 Å². The molecule has 94 valence electrons. The molecule has 2 N–H and O–H groups in total. The van der Waals surface area contributed by atoms with Gasteiger partial charge in [0.15, 0.2) is 0 Å². The summed E-state index contributed by atoms with van der Waals surface area (Å²) in [6.45, 7) is 0. The van der Waals surface area contributed by atoms with Crippen LogP contribution in [0.5, 0.6) is 0 Å². The number of hydrogen-bond donors (Lipinski definition) is 2. The van der Waals surface area contributed by atoms with E-state index in [1.165, 1.54) is 9.13 Å². The summed E-state index contributed by atoms with van der Waals surface area (Å²) in [6.07, 6.45) is 2.36. The Hall–Kier alpha value is -1.11. The van der Waals surface area contributed by atoms with Gasteiger partial charge in [-0.1, -0.05) is 12.1 Å². The van der Waals surface area contributed by atoms with Crippen molar-refractivity contribution in [3.63, 3.8) is 0 Å². The maximum Gasteiger partial charge on any atom is 0.322 e. The molecule has 1 aliphatic carbocycles. The fourth-order valence-electron chi connectivity index (χ4n) is 2.91. The maximum absolute atomic E-state index is 11.8. The van der Waals surface area contributed by atoms with E-state index in [1.807, 2.05) is 0 Å². The van der Waals surface area contributed by atoms with Crippen LogP contribution >= 0.6 is 22.6 Å². The van der Waals surface area contributed by atoms with Crippen LogP contribution in [0.25, 0.3) is 0 Å². The van der Waals surface area contributed by atoms with Gasteiger partial charge in [0.1, 0.15) is 5.54 Å². The third-order valence-electron chi connectivity index (χ3n) is 3.87. The zero-order chi connectivity index (χ0) is 12.8. The Morgan fingerprint density at radius 2 is 1.94 bits per heavy atom. The second-order valence-electron chi connectivity index (χ2n) is 4.98. The van der Waals surface area contributed by atoms with Gasteiger partial charge in [0, 0.05) is 3.57 Å². The third-order valence-corrected chi connectivity index (χ3v) is 4.59. The van der Waals surface area contributed by atoms with Crippen LogP contribution in [-0.2, 0) is 4.79 Å². The standard InChI is InChI=1S/C13H13IN2O2/c14-10-3-1-8(2-4-10)9-5-6-13(7-9)11(17)15-12(18)16-13/h1-4,9H,5-7H2,(H2,15,16,17,18)/t9-,13?/m0/s1. The van der Waals surface area contributed by atoms with E-state index in [4.69, 9.17) is 0 Å². The summed E-state index contributed by atoms with van der Waals surface area (Å²) in [7, 11) is 0. The summed E-state index contributed by atoms with van der Waals surface area (Å²) in [4.78, 5) is 23.1. The predicted octanol–water partition coefficient (Wildman–Crippen LogP) is 2.14. The predicted molar refractivity (Wildman–Crippen MR) is 75.2 cm³/mol. The molecule has 1 aromatic rings. The number of amides is 3. The largest absolute Gasteiger partial charge is 0.323 e. The Morgan fingerprint density at radius 3 is 2.56 bits per heavy atom. The Labute approximate surface area is 119 Å². The van der Waals surface area contributed by atoms with Crippen molar-refractivity contribution in [1.29, 1.82) is 0 Å². The van der Waals surface area contributed by atoms with E-state index in [2.05, 4.69) is 57.5 Å². The molecular weight excluding hydrogens is 343 g/mol. The molecule has 0 aromatic heterocycles. The molecule has 1 saturated carbocycles. The molecule has 3 rings (SSSR count). The molecule has 18 heavy (non-hydrogen) atoms. The second kappa shape index (κ2) is 4.22. The van der Waals surface area contributed by atoms with Crippen LogP contribution in [0.4, 0.5) is 4.79 Å². The van der Waals surface area contributed by atoms with Gasteiger partial charge in [-0.2, -0.15) is 0 Å². The topological polar surface area (TPSA) is 58.2 Å². The zero-order valence-electron chi connectivity index (χ0n) is 9.70. The second-order valence-corrected chi connectivity index (χ2v) is 6.23. The van der Waals surface area contributed by atoms with Crippen molar-refractivity contribution >= 4 is 34.5 Å². The molecule has 3 amide bonds. The first-order valence-corrected chi connectivity index (χ1v) is 7.06. The summed E-state index contributed by atoms with van der Waals surface area (Å²) < 4.78 is 1.20. The first-order valence-electron chi connectivity index (χ1n) is 5.98. The number of nitrogens with one attached hydrogen (secondary N) is 2. The molecule has 0 bridgehead atoms. The molecular formula is C13H13IN2O2. The molecule has 0 radical (unpaired) electrons. The number of benzene rings is 1. The summed E-state index contributed by atoms with van der Waals surface area (Å²) in [5.74, 6) is 0.187. The zero-order valence-corrected chi connectivity index (χ0v) is 11.9. The smallest absolute Gasteiger partial charge is 0.322 e. The first-order chi connectivity index (χ1) is 8.59. The van der Waals surface area contributed by atoms with Crippen LogP contribution in [0.3, 0.4) is 0 Å². The first kappa shape index (κ1) is 12.0. The molecule has 2 atom stereocenters. The lowest BCUT2D eigenvalue weighted by Gasteiger charge is -2.19. The number of urea groups is 1. The van der Waals surface area contributed by atoms with Crippen LogP contribution in [0.1, 0.15) is 30.7 Å². The fourth-order valence-corrected chi connectivity index (χ4v) is 3.27. The van der Waals surface area contributed by atoms with Crippen LogP contribution in [-0.4, -0.2) is 17.5 Å². The average Bonchev–Trinajstić information content (AvgIpc) is 2.86. The van der Waals surface area contributed by atoms with Gasteiger partial charge in [-0.15, -0.1) is 0 Å². The molecule has 1 heterocycles. The van der Waals surface area contributed by atoms with Crippen molar-refractivity contribution in [3.05, 3.63) is 33.4 Å². The van der Waals surface area contributed by atoms with Crippen LogP contribution in [0.15, 0.2) is 24.3 Å². The van der Waals surface area contributed by atoms with Gasteiger partial charge in [0.25, 0.3) is 5.91 Å². The van der Waals surface area contributed by atoms with Gasteiger partial charge in [-0.05, 0) is 65.5 Å². The minimum atomic E-state index is -0.662. The third kappa shape index (κ3) is 1.90. The lowest BCUT2D eigenvalue weighted by atomic mass is 9.92. The molecule has 1 aromatic carbocycles. The number of carbonyl (C=O) groups is 2. The van der Waals surface area contributed by atoms with Crippen molar-refractivity contribution < 1.29 is 9.59 Å². The van der Waals surface area contributed by atoms with Gasteiger partial charge >= 0.3 is 6.03 Å². The number of halogens is 1. The summed E-state index contributed by atoms with van der Waals surface area (Å²) in [5.41, 5.74) is 0.589. The summed E-state index contributed by atoms with van der Waals surface area (Å²) >= 11 is 2.28. The highest BCUT2D eigenvalue weighted by Crippen LogP contribution is 2.42. The van der Waals surface area contributed by atoms with E-state index in [0.717, 1.165) is 12.8 Å². The van der Waals surface area contributed by atoms with Crippen molar-refractivity contribution in [3.8, 4) is 0 Å². The van der Waals surface area contributed by atoms with Crippen LogP contribution < -0.4 is 10.6 Å². The Bertz CT molecular complexity index is 514. The molecule has 2 fully saturated rings. The van der Waals surface area contributed by atoms with E-state index in [1.54, 1.807) is 0 Å². The van der Waals surface area contributed by atoms with Gasteiger partial charge in [-0.3, -0.25) is 10.1 Å². The Kier molecular flexibility index (Phi) is 2.80.